The topological polar surface area (TPSA) is 76.1 Å². The van der Waals surface area contributed by atoms with Gasteiger partial charge in [0.15, 0.2) is 0 Å². The quantitative estimate of drug-likeness (QED) is 0.299. The van der Waals surface area contributed by atoms with Gasteiger partial charge in [-0.1, -0.05) is 18.2 Å². The van der Waals surface area contributed by atoms with Gasteiger partial charge >= 0.3 is 0 Å². The van der Waals surface area contributed by atoms with Gasteiger partial charge in [0.05, 0.1) is 25.8 Å². The molecule has 35 heavy (non-hydrogen) atoms. The van der Waals surface area contributed by atoms with E-state index in [1.54, 1.807) is 32.4 Å². The third-order valence-electron chi connectivity index (χ3n) is 6.36. The van der Waals surface area contributed by atoms with E-state index >= 15 is 0 Å². The second-order valence-corrected chi connectivity index (χ2v) is 8.92. The van der Waals surface area contributed by atoms with Crippen molar-refractivity contribution in [2.45, 2.75) is 33.7 Å². The molecule has 1 N–H and O–H groups in total. The fraction of sp³-hybridized carbons (Fsp3) is 0.241. The van der Waals surface area contributed by atoms with Crippen LogP contribution >= 0.6 is 0 Å². The summed E-state index contributed by atoms with van der Waals surface area (Å²) < 4.78 is 10.7. The summed E-state index contributed by atoms with van der Waals surface area (Å²) in [5, 5.41) is 11.5. The molecule has 0 saturated carbocycles. The molecule has 1 heterocycles. The maximum absolute atomic E-state index is 13.4. The molecule has 1 amide bonds. The van der Waals surface area contributed by atoms with Crippen LogP contribution in [0.15, 0.2) is 60.2 Å². The summed E-state index contributed by atoms with van der Waals surface area (Å²) in [6, 6.07) is 15.7. The van der Waals surface area contributed by atoms with Crippen molar-refractivity contribution in [1.29, 1.82) is 0 Å². The molecule has 180 valence electrons. The molecule has 1 aliphatic heterocycles. The van der Waals surface area contributed by atoms with Crippen molar-refractivity contribution in [3.05, 3.63) is 93.6 Å². The number of aliphatic hydroxyl groups is 1. The highest BCUT2D eigenvalue weighted by molar-refractivity contribution is 6.51. The minimum Gasteiger partial charge on any atom is -0.507 e. The Morgan fingerprint density at radius 3 is 2.03 bits per heavy atom. The molecule has 1 aliphatic rings. The van der Waals surface area contributed by atoms with Crippen molar-refractivity contribution < 1.29 is 24.2 Å². The van der Waals surface area contributed by atoms with E-state index in [4.69, 9.17) is 9.47 Å². The summed E-state index contributed by atoms with van der Waals surface area (Å²) in [5.74, 6) is -0.282. The van der Waals surface area contributed by atoms with E-state index in [1.807, 2.05) is 64.1 Å². The predicted molar refractivity (Wildman–Crippen MR) is 136 cm³/mol. The van der Waals surface area contributed by atoms with E-state index in [9.17, 15) is 14.7 Å². The minimum absolute atomic E-state index is 0.0481. The second kappa shape index (κ2) is 9.29. The molecule has 1 unspecified atom stereocenters. The Labute approximate surface area is 205 Å². The first-order valence-electron chi connectivity index (χ1n) is 11.3. The zero-order valence-corrected chi connectivity index (χ0v) is 20.8. The molecule has 3 aromatic rings. The number of aryl methyl sites for hydroxylation is 4. The zero-order chi connectivity index (χ0) is 25.4. The summed E-state index contributed by atoms with van der Waals surface area (Å²) in [6.45, 7) is 7.58. The molecule has 3 aromatic carbocycles. The third kappa shape index (κ3) is 4.28. The smallest absolute Gasteiger partial charge is 0.300 e. The van der Waals surface area contributed by atoms with Crippen LogP contribution in [-0.4, -0.2) is 31.0 Å². The van der Waals surface area contributed by atoms with Gasteiger partial charge in [0, 0.05) is 11.3 Å². The monoisotopic (exact) mass is 471 g/mol. The van der Waals surface area contributed by atoms with Gasteiger partial charge in [0.1, 0.15) is 17.3 Å². The molecule has 6 heteroatoms. The van der Waals surface area contributed by atoms with Gasteiger partial charge in [-0.15, -0.1) is 0 Å². The number of hydrogen-bond donors (Lipinski definition) is 1. The number of rotatable bonds is 5. The normalized spacial score (nSPS) is 17.1. The molecule has 0 aromatic heterocycles. The molecular formula is C29H29NO5. The maximum atomic E-state index is 13.4. The Morgan fingerprint density at radius 1 is 0.829 bits per heavy atom. The number of carbonyl (C=O) groups is 2. The van der Waals surface area contributed by atoms with Crippen molar-refractivity contribution in [2.75, 3.05) is 19.1 Å². The molecule has 1 atom stereocenters. The van der Waals surface area contributed by atoms with Crippen LogP contribution in [0.4, 0.5) is 5.69 Å². The van der Waals surface area contributed by atoms with Crippen LogP contribution < -0.4 is 14.4 Å². The number of carbonyl (C=O) groups excluding carboxylic acids is 2. The van der Waals surface area contributed by atoms with Crippen molar-refractivity contribution in [3.63, 3.8) is 0 Å². The molecule has 1 fully saturated rings. The summed E-state index contributed by atoms with van der Waals surface area (Å²) >= 11 is 0. The molecule has 4 rings (SSSR count). The first-order valence-corrected chi connectivity index (χ1v) is 11.3. The Morgan fingerprint density at radius 2 is 1.46 bits per heavy atom. The first kappa shape index (κ1) is 24.1. The number of Topliss-reactive ketones (excluding diaryl/α,β-unsaturated/α-hetero) is 1. The Bertz CT molecular complexity index is 1330. The lowest BCUT2D eigenvalue weighted by atomic mass is 9.93. The number of ether oxygens (including phenoxy) is 2. The number of hydrogen-bond acceptors (Lipinski definition) is 5. The fourth-order valence-electron chi connectivity index (χ4n) is 4.70. The Kier molecular flexibility index (Phi) is 6.39. The van der Waals surface area contributed by atoms with E-state index in [0.717, 1.165) is 22.3 Å². The average molecular weight is 472 g/mol. The number of ketones is 1. The molecule has 6 nitrogen and oxygen atoms in total. The van der Waals surface area contributed by atoms with E-state index < -0.39 is 17.7 Å². The van der Waals surface area contributed by atoms with Crippen LogP contribution in [0.25, 0.3) is 5.76 Å². The number of aliphatic hydroxyl groups excluding tert-OH is 1. The van der Waals surface area contributed by atoms with Crippen LogP contribution in [0.2, 0.25) is 0 Å². The lowest BCUT2D eigenvalue weighted by Crippen LogP contribution is -2.29. The number of nitrogens with zero attached hydrogens (tertiary/aromatic N) is 1. The largest absolute Gasteiger partial charge is 0.507 e. The average Bonchev–Trinajstić information content (AvgIpc) is 3.09. The molecule has 1 saturated heterocycles. The van der Waals surface area contributed by atoms with E-state index in [1.165, 1.54) is 4.90 Å². The third-order valence-corrected chi connectivity index (χ3v) is 6.36. The lowest BCUT2D eigenvalue weighted by Gasteiger charge is -2.26. The number of amides is 1. The Balaban J connectivity index is 1.98. The van der Waals surface area contributed by atoms with Gasteiger partial charge in [-0.3, -0.25) is 14.5 Å². The van der Waals surface area contributed by atoms with Crippen LogP contribution in [0, 0.1) is 27.7 Å². The van der Waals surface area contributed by atoms with Crippen molar-refractivity contribution in [2.24, 2.45) is 0 Å². The molecular weight excluding hydrogens is 442 g/mol. The molecule has 0 spiro atoms. The van der Waals surface area contributed by atoms with Crippen LogP contribution in [0.5, 0.6) is 11.5 Å². The van der Waals surface area contributed by atoms with Crippen molar-refractivity contribution in [3.8, 4) is 11.5 Å². The van der Waals surface area contributed by atoms with E-state index in [-0.39, 0.29) is 11.3 Å². The van der Waals surface area contributed by atoms with Gasteiger partial charge < -0.3 is 14.6 Å². The second-order valence-electron chi connectivity index (χ2n) is 8.92. The highest BCUT2D eigenvalue weighted by Gasteiger charge is 2.47. The number of anilines is 1. The van der Waals surface area contributed by atoms with Gasteiger partial charge in [-0.05, 0) is 91.9 Å². The highest BCUT2D eigenvalue weighted by Crippen LogP contribution is 2.43. The summed E-state index contributed by atoms with van der Waals surface area (Å²) in [4.78, 5) is 28.3. The Hall–Kier alpha value is -4.06. The maximum Gasteiger partial charge on any atom is 0.300 e. The summed E-state index contributed by atoms with van der Waals surface area (Å²) in [6.07, 6.45) is 0. The van der Waals surface area contributed by atoms with Gasteiger partial charge in [0.2, 0.25) is 0 Å². The van der Waals surface area contributed by atoms with Crippen LogP contribution in [0.3, 0.4) is 0 Å². The fourth-order valence-corrected chi connectivity index (χ4v) is 4.70. The standard InChI is InChI=1S/C29H29NO5/c1-16-11-17(2)13-21(12-16)30-26(20-7-9-22(34-5)10-8-20)25(28(32)29(30)33)27(31)23-14-19(4)24(35-6)15-18(23)3/h7-15,26,31H,1-6H3/b27-25+. The van der Waals surface area contributed by atoms with Gasteiger partial charge in [-0.2, -0.15) is 0 Å². The highest BCUT2D eigenvalue weighted by atomic mass is 16.5. The lowest BCUT2D eigenvalue weighted by molar-refractivity contribution is -0.132. The van der Waals surface area contributed by atoms with Crippen LogP contribution in [-0.2, 0) is 9.59 Å². The zero-order valence-electron chi connectivity index (χ0n) is 20.8. The molecule has 0 aliphatic carbocycles. The van der Waals surface area contributed by atoms with E-state index in [2.05, 4.69) is 0 Å². The number of methoxy groups -OCH3 is 2. The van der Waals surface area contributed by atoms with Gasteiger partial charge in [-0.25, -0.2) is 0 Å². The van der Waals surface area contributed by atoms with Crippen molar-refractivity contribution >= 4 is 23.1 Å². The minimum atomic E-state index is -0.802. The van der Waals surface area contributed by atoms with E-state index in [0.29, 0.717) is 28.3 Å². The van der Waals surface area contributed by atoms with Crippen LogP contribution in [0.1, 0.15) is 39.4 Å². The van der Waals surface area contributed by atoms with Crippen molar-refractivity contribution in [1.82, 2.24) is 0 Å². The summed E-state index contributed by atoms with van der Waals surface area (Å²) in [5.41, 5.74) is 5.31. The van der Waals surface area contributed by atoms with Gasteiger partial charge in [0.25, 0.3) is 11.7 Å². The summed E-state index contributed by atoms with van der Waals surface area (Å²) in [7, 11) is 3.16. The predicted octanol–water partition coefficient (Wildman–Crippen LogP) is 5.56. The SMILES string of the molecule is COc1ccc(C2/C(=C(\O)c3cc(C)c(OC)cc3C)C(=O)C(=O)N2c2cc(C)cc(C)c2)cc1. The molecule has 0 radical (unpaired) electrons. The number of benzene rings is 3. The molecule has 0 bridgehead atoms. The first-order chi connectivity index (χ1) is 16.7.